The molecule has 1 aromatic heterocycles. The largest absolute Gasteiger partial charge is 0.455 e. The quantitative estimate of drug-likeness (QED) is 0.759. The monoisotopic (exact) mass is 347 g/mol. The number of amides is 1. The average Bonchev–Trinajstić information content (AvgIpc) is 3.38. The van der Waals surface area contributed by atoms with E-state index in [1.54, 1.807) is 0 Å². The second-order valence-corrected chi connectivity index (χ2v) is 7.27. The Bertz CT molecular complexity index is 567. The SMILES string of the molecule is CCN(CC)Cc1ccc(C(=O)N2CCC[C@@H]2[C@H]2CCCN2CC)o1. The third-order valence-electron chi connectivity index (χ3n) is 5.97. The number of furan rings is 1. The van der Waals surface area contributed by atoms with Gasteiger partial charge in [0.2, 0.25) is 0 Å². The highest BCUT2D eigenvalue weighted by molar-refractivity contribution is 5.92. The summed E-state index contributed by atoms with van der Waals surface area (Å²) in [4.78, 5) is 20.0. The van der Waals surface area contributed by atoms with Crippen molar-refractivity contribution in [2.24, 2.45) is 0 Å². The van der Waals surface area contributed by atoms with Gasteiger partial charge in [0.15, 0.2) is 5.76 Å². The predicted octanol–water partition coefficient (Wildman–Crippen LogP) is 3.21. The Morgan fingerprint density at radius 2 is 1.84 bits per heavy atom. The van der Waals surface area contributed by atoms with E-state index in [0.717, 1.165) is 51.3 Å². The molecule has 2 aliphatic rings. The van der Waals surface area contributed by atoms with Gasteiger partial charge in [0.1, 0.15) is 5.76 Å². The van der Waals surface area contributed by atoms with E-state index in [2.05, 4.69) is 35.5 Å². The number of nitrogens with zero attached hydrogens (tertiary/aromatic N) is 3. The van der Waals surface area contributed by atoms with Crippen LogP contribution in [0.2, 0.25) is 0 Å². The second-order valence-electron chi connectivity index (χ2n) is 7.27. The van der Waals surface area contributed by atoms with E-state index in [1.165, 1.54) is 19.4 Å². The van der Waals surface area contributed by atoms with Crippen molar-refractivity contribution in [3.05, 3.63) is 23.7 Å². The third-order valence-corrected chi connectivity index (χ3v) is 5.97. The van der Waals surface area contributed by atoms with Gasteiger partial charge in [-0.05, 0) is 64.0 Å². The van der Waals surface area contributed by atoms with Crippen molar-refractivity contribution in [1.29, 1.82) is 0 Å². The minimum absolute atomic E-state index is 0.0799. The normalized spacial score (nSPS) is 24.6. The van der Waals surface area contributed by atoms with Gasteiger partial charge >= 0.3 is 0 Å². The molecule has 0 aliphatic carbocycles. The van der Waals surface area contributed by atoms with Gasteiger partial charge in [-0.15, -0.1) is 0 Å². The summed E-state index contributed by atoms with van der Waals surface area (Å²) in [7, 11) is 0. The number of carbonyl (C=O) groups is 1. The van der Waals surface area contributed by atoms with Crippen LogP contribution in [0.3, 0.4) is 0 Å². The summed E-state index contributed by atoms with van der Waals surface area (Å²) in [5.74, 6) is 1.48. The van der Waals surface area contributed by atoms with Gasteiger partial charge in [-0.3, -0.25) is 14.6 Å². The highest BCUT2D eigenvalue weighted by atomic mass is 16.4. The molecule has 0 spiro atoms. The summed E-state index contributed by atoms with van der Waals surface area (Å²) >= 11 is 0. The van der Waals surface area contributed by atoms with Crippen LogP contribution >= 0.6 is 0 Å². The third kappa shape index (κ3) is 3.93. The van der Waals surface area contributed by atoms with Crippen molar-refractivity contribution in [2.45, 2.75) is 65.1 Å². The zero-order valence-corrected chi connectivity index (χ0v) is 16.0. The molecule has 3 heterocycles. The van der Waals surface area contributed by atoms with Gasteiger partial charge in [0.25, 0.3) is 5.91 Å². The fraction of sp³-hybridized carbons (Fsp3) is 0.750. The lowest BCUT2D eigenvalue weighted by atomic mass is 10.0. The van der Waals surface area contributed by atoms with Gasteiger partial charge < -0.3 is 9.32 Å². The van der Waals surface area contributed by atoms with E-state index in [0.29, 0.717) is 17.8 Å². The molecule has 1 aromatic rings. The number of hydrogen-bond acceptors (Lipinski definition) is 4. The van der Waals surface area contributed by atoms with Gasteiger partial charge in [0, 0.05) is 18.6 Å². The van der Waals surface area contributed by atoms with Crippen molar-refractivity contribution < 1.29 is 9.21 Å². The number of likely N-dealkylation sites (tertiary alicyclic amines) is 2. The van der Waals surface area contributed by atoms with Crippen LogP contribution in [0.4, 0.5) is 0 Å². The summed E-state index contributed by atoms with van der Waals surface area (Å²) in [6.07, 6.45) is 4.71. The summed E-state index contributed by atoms with van der Waals surface area (Å²) in [6, 6.07) is 4.71. The van der Waals surface area contributed by atoms with Crippen LogP contribution in [-0.2, 0) is 6.54 Å². The van der Waals surface area contributed by atoms with Crippen LogP contribution in [0, 0.1) is 0 Å². The fourth-order valence-corrected chi connectivity index (χ4v) is 4.51. The van der Waals surface area contributed by atoms with E-state index in [9.17, 15) is 4.79 Å². The Balaban J connectivity index is 1.68. The van der Waals surface area contributed by atoms with E-state index in [-0.39, 0.29) is 5.91 Å². The topological polar surface area (TPSA) is 39.9 Å². The molecule has 25 heavy (non-hydrogen) atoms. The Labute approximate surface area is 151 Å². The highest BCUT2D eigenvalue weighted by Crippen LogP contribution is 2.31. The standard InChI is InChI=1S/C20H33N3O2/c1-4-21(5-2)15-16-11-12-19(25-16)20(24)23-14-8-10-18(23)17-9-7-13-22(17)6-3/h11-12,17-18H,4-10,13-15H2,1-3H3/t17-,18-/m1/s1. The van der Waals surface area contributed by atoms with Gasteiger partial charge in [-0.1, -0.05) is 20.8 Å². The van der Waals surface area contributed by atoms with Gasteiger partial charge in [-0.2, -0.15) is 0 Å². The average molecular weight is 348 g/mol. The smallest absolute Gasteiger partial charge is 0.289 e. The molecule has 3 rings (SSSR count). The summed E-state index contributed by atoms with van der Waals surface area (Å²) < 4.78 is 5.91. The molecule has 2 aliphatic heterocycles. The Kier molecular flexibility index (Phi) is 6.18. The molecule has 0 aromatic carbocycles. The minimum Gasteiger partial charge on any atom is -0.455 e. The zero-order chi connectivity index (χ0) is 17.8. The Morgan fingerprint density at radius 3 is 2.56 bits per heavy atom. The van der Waals surface area contributed by atoms with E-state index < -0.39 is 0 Å². The van der Waals surface area contributed by atoms with Gasteiger partial charge in [0.05, 0.1) is 6.54 Å². The number of likely N-dealkylation sites (N-methyl/N-ethyl adjacent to an activating group) is 1. The van der Waals surface area contributed by atoms with Crippen LogP contribution in [0.25, 0.3) is 0 Å². The van der Waals surface area contributed by atoms with E-state index >= 15 is 0 Å². The molecule has 0 unspecified atom stereocenters. The maximum Gasteiger partial charge on any atom is 0.289 e. The predicted molar refractivity (Wildman–Crippen MR) is 99.7 cm³/mol. The second kappa shape index (κ2) is 8.37. The lowest BCUT2D eigenvalue weighted by Crippen LogP contribution is -2.48. The molecule has 5 nitrogen and oxygen atoms in total. The lowest BCUT2D eigenvalue weighted by Gasteiger charge is -2.34. The van der Waals surface area contributed by atoms with Crippen LogP contribution in [0.1, 0.15) is 62.8 Å². The summed E-state index contributed by atoms with van der Waals surface area (Å²) in [5.41, 5.74) is 0. The van der Waals surface area contributed by atoms with E-state index in [4.69, 9.17) is 4.42 Å². The molecule has 140 valence electrons. The van der Waals surface area contributed by atoms with Crippen LogP contribution in [0.5, 0.6) is 0 Å². The molecular formula is C20H33N3O2. The van der Waals surface area contributed by atoms with Crippen molar-refractivity contribution >= 4 is 5.91 Å². The molecule has 0 saturated carbocycles. The maximum absolute atomic E-state index is 13.0. The molecule has 2 saturated heterocycles. The first-order valence-corrected chi connectivity index (χ1v) is 10.0. The first kappa shape index (κ1) is 18.5. The molecule has 2 atom stereocenters. The minimum atomic E-state index is 0.0799. The number of hydrogen-bond donors (Lipinski definition) is 0. The van der Waals surface area contributed by atoms with Crippen LogP contribution in [-0.4, -0.2) is 65.4 Å². The molecule has 0 N–H and O–H groups in total. The van der Waals surface area contributed by atoms with Crippen molar-refractivity contribution in [1.82, 2.24) is 14.7 Å². The van der Waals surface area contributed by atoms with Crippen molar-refractivity contribution in [3.63, 3.8) is 0 Å². The maximum atomic E-state index is 13.0. The Hall–Kier alpha value is -1.33. The fourth-order valence-electron chi connectivity index (χ4n) is 4.51. The number of carbonyl (C=O) groups excluding carboxylic acids is 1. The van der Waals surface area contributed by atoms with Crippen molar-refractivity contribution in [3.8, 4) is 0 Å². The molecule has 0 bridgehead atoms. The van der Waals surface area contributed by atoms with Gasteiger partial charge in [-0.25, -0.2) is 0 Å². The van der Waals surface area contributed by atoms with E-state index in [1.807, 2.05) is 12.1 Å². The lowest BCUT2D eigenvalue weighted by molar-refractivity contribution is 0.0615. The molecule has 2 fully saturated rings. The Morgan fingerprint density at radius 1 is 1.12 bits per heavy atom. The zero-order valence-electron chi connectivity index (χ0n) is 16.0. The van der Waals surface area contributed by atoms with Crippen molar-refractivity contribution in [2.75, 3.05) is 32.7 Å². The summed E-state index contributed by atoms with van der Waals surface area (Å²) in [5, 5.41) is 0. The highest BCUT2D eigenvalue weighted by Gasteiger charge is 2.40. The first-order chi connectivity index (χ1) is 12.2. The van der Waals surface area contributed by atoms with Crippen LogP contribution < -0.4 is 0 Å². The summed E-state index contributed by atoms with van der Waals surface area (Å²) in [6.45, 7) is 12.4. The van der Waals surface area contributed by atoms with Crippen LogP contribution in [0.15, 0.2) is 16.5 Å². The molecule has 0 radical (unpaired) electrons. The molecule has 5 heteroatoms. The molecule has 1 amide bonds. The number of rotatable bonds is 7. The first-order valence-electron chi connectivity index (χ1n) is 10.0. The molecular weight excluding hydrogens is 314 g/mol.